The molecule has 7 heteroatoms. The summed E-state index contributed by atoms with van der Waals surface area (Å²) in [6.07, 6.45) is 1.73. The molecule has 3 aromatic carbocycles. The number of benzene rings is 3. The van der Waals surface area contributed by atoms with E-state index in [0.29, 0.717) is 36.0 Å². The third-order valence-electron chi connectivity index (χ3n) is 5.16. The molecule has 1 aliphatic rings. The van der Waals surface area contributed by atoms with E-state index in [1.165, 1.54) is 6.08 Å². The molecule has 1 N–H and O–H groups in total. The van der Waals surface area contributed by atoms with Crippen LogP contribution >= 0.6 is 11.6 Å². The van der Waals surface area contributed by atoms with Crippen molar-refractivity contribution >= 4 is 35.3 Å². The lowest BCUT2D eigenvalue weighted by Crippen LogP contribution is -2.40. The topological polar surface area (TPSA) is 81.7 Å². The molecule has 2 amide bonds. The number of hydrogen-bond acceptors (Lipinski definition) is 5. The van der Waals surface area contributed by atoms with Gasteiger partial charge in [-0.05, 0) is 47.0 Å². The highest BCUT2D eigenvalue weighted by atomic mass is 35.5. The van der Waals surface area contributed by atoms with E-state index >= 15 is 0 Å². The van der Waals surface area contributed by atoms with Crippen LogP contribution in [0.15, 0.2) is 78.4 Å². The molecule has 4 rings (SSSR count). The zero-order valence-corrected chi connectivity index (χ0v) is 19.0. The van der Waals surface area contributed by atoms with Crippen LogP contribution in [0.25, 0.3) is 17.2 Å². The van der Waals surface area contributed by atoms with E-state index in [1.807, 2.05) is 42.5 Å². The minimum Gasteiger partial charge on any atom is -0.493 e. The van der Waals surface area contributed by atoms with Crippen LogP contribution in [0.3, 0.4) is 0 Å². The SMILES string of the molecule is O=C1CC(=O)/C(=C\c2ccc(OCCCOc3ccc(-c4ccccc4)cc3)c(Cl)c2)C(=O)N1. The summed E-state index contributed by atoms with van der Waals surface area (Å²) in [5.41, 5.74) is 2.78. The first kappa shape index (κ1) is 23.3. The molecule has 1 fully saturated rings. The van der Waals surface area contributed by atoms with Crippen LogP contribution in [0.1, 0.15) is 18.4 Å². The smallest absolute Gasteiger partial charge is 0.261 e. The molecule has 3 aromatic rings. The first-order chi connectivity index (χ1) is 16.5. The highest BCUT2D eigenvalue weighted by Crippen LogP contribution is 2.27. The summed E-state index contributed by atoms with van der Waals surface area (Å²) >= 11 is 6.29. The van der Waals surface area contributed by atoms with Crippen LogP contribution in [0.4, 0.5) is 0 Å². The molecule has 0 spiro atoms. The van der Waals surface area contributed by atoms with Crippen LogP contribution in [-0.4, -0.2) is 30.8 Å². The van der Waals surface area contributed by atoms with Crippen molar-refractivity contribution in [3.05, 3.63) is 89.0 Å². The number of ether oxygens (including phenoxy) is 2. The van der Waals surface area contributed by atoms with Crippen LogP contribution < -0.4 is 14.8 Å². The zero-order chi connectivity index (χ0) is 23.9. The maximum Gasteiger partial charge on any atom is 0.261 e. The number of rotatable bonds is 8. The molecule has 172 valence electrons. The van der Waals surface area contributed by atoms with Crippen molar-refractivity contribution in [1.29, 1.82) is 0 Å². The number of piperidine rings is 1. The molecule has 0 aromatic heterocycles. The average molecular weight is 476 g/mol. The Morgan fingerprint density at radius 2 is 1.56 bits per heavy atom. The van der Waals surface area contributed by atoms with Crippen molar-refractivity contribution in [2.24, 2.45) is 0 Å². The van der Waals surface area contributed by atoms with E-state index in [-0.39, 0.29) is 12.0 Å². The molecule has 0 bridgehead atoms. The van der Waals surface area contributed by atoms with Gasteiger partial charge in [-0.15, -0.1) is 0 Å². The quantitative estimate of drug-likeness (QED) is 0.165. The lowest BCUT2D eigenvalue weighted by molar-refractivity contribution is -0.134. The Hall–Kier alpha value is -3.90. The van der Waals surface area contributed by atoms with Gasteiger partial charge in [0.05, 0.1) is 30.2 Å². The predicted octanol–water partition coefficient (Wildman–Crippen LogP) is 4.85. The molecule has 0 unspecified atom stereocenters. The second-order valence-corrected chi connectivity index (χ2v) is 8.07. The van der Waals surface area contributed by atoms with Crippen molar-refractivity contribution in [3.8, 4) is 22.6 Å². The average Bonchev–Trinajstić information content (AvgIpc) is 2.83. The van der Waals surface area contributed by atoms with Crippen molar-refractivity contribution in [2.45, 2.75) is 12.8 Å². The van der Waals surface area contributed by atoms with Gasteiger partial charge in [-0.1, -0.05) is 60.1 Å². The van der Waals surface area contributed by atoms with Crippen molar-refractivity contribution < 1.29 is 23.9 Å². The maximum atomic E-state index is 11.9. The largest absolute Gasteiger partial charge is 0.493 e. The lowest BCUT2D eigenvalue weighted by atomic mass is 10.0. The highest BCUT2D eigenvalue weighted by Gasteiger charge is 2.28. The van der Waals surface area contributed by atoms with Crippen LogP contribution in [-0.2, 0) is 14.4 Å². The number of halogens is 1. The van der Waals surface area contributed by atoms with E-state index in [4.69, 9.17) is 21.1 Å². The highest BCUT2D eigenvalue weighted by molar-refractivity contribution is 6.33. The van der Waals surface area contributed by atoms with Gasteiger partial charge in [0, 0.05) is 6.42 Å². The molecule has 0 radical (unpaired) electrons. The number of nitrogens with one attached hydrogen (secondary N) is 1. The van der Waals surface area contributed by atoms with Gasteiger partial charge in [-0.2, -0.15) is 0 Å². The minimum atomic E-state index is -0.701. The summed E-state index contributed by atoms with van der Waals surface area (Å²) in [5.74, 6) is -0.529. The van der Waals surface area contributed by atoms with Gasteiger partial charge in [-0.3, -0.25) is 19.7 Å². The van der Waals surface area contributed by atoms with Gasteiger partial charge in [0.15, 0.2) is 5.78 Å². The Labute approximate surface area is 202 Å². The molecule has 0 atom stereocenters. The number of amides is 2. The van der Waals surface area contributed by atoms with E-state index in [9.17, 15) is 14.4 Å². The molecule has 0 aliphatic carbocycles. The Kier molecular flexibility index (Phi) is 7.40. The third-order valence-corrected chi connectivity index (χ3v) is 5.46. The summed E-state index contributed by atoms with van der Waals surface area (Å²) in [6, 6.07) is 23.1. The summed E-state index contributed by atoms with van der Waals surface area (Å²) in [6.45, 7) is 0.897. The number of imide groups is 1. The summed E-state index contributed by atoms with van der Waals surface area (Å²) in [4.78, 5) is 35.1. The first-order valence-electron chi connectivity index (χ1n) is 10.8. The van der Waals surface area contributed by atoms with E-state index < -0.39 is 17.6 Å². The van der Waals surface area contributed by atoms with E-state index in [1.54, 1.807) is 18.2 Å². The monoisotopic (exact) mass is 475 g/mol. The van der Waals surface area contributed by atoms with Crippen molar-refractivity contribution in [3.63, 3.8) is 0 Å². The van der Waals surface area contributed by atoms with Gasteiger partial charge in [0.2, 0.25) is 5.91 Å². The van der Waals surface area contributed by atoms with Crippen LogP contribution in [0, 0.1) is 0 Å². The molecule has 1 aliphatic heterocycles. The summed E-state index contributed by atoms with van der Waals surface area (Å²) in [7, 11) is 0. The number of Topliss-reactive ketones (excluding diaryl/α,β-unsaturated/α-hetero) is 1. The van der Waals surface area contributed by atoms with Gasteiger partial charge < -0.3 is 9.47 Å². The fraction of sp³-hybridized carbons (Fsp3) is 0.148. The molecule has 34 heavy (non-hydrogen) atoms. The second kappa shape index (κ2) is 10.8. The summed E-state index contributed by atoms with van der Waals surface area (Å²) in [5, 5.41) is 2.48. The Morgan fingerprint density at radius 1 is 0.853 bits per heavy atom. The second-order valence-electron chi connectivity index (χ2n) is 7.67. The number of carbonyl (C=O) groups excluding carboxylic acids is 3. The molecular weight excluding hydrogens is 454 g/mol. The summed E-state index contributed by atoms with van der Waals surface area (Å²) < 4.78 is 11.5. The van der Waals surface area contributed by atoms with Crippen molar-refractivity contribution in [2.75, 3.05) is 13.2 Å². The normalized spacial score (nSPS) is 14.7. The van der Waals surface area contributed by atoms with Gasteiger partial charge >= 0.3 is 0 Å². The fourth-order valence-electron chi connectivity index (χ4n) is 3.45. The van der Waals surface area contributed by atoms with Gasteiger partial charge in [0.1, 0.15) is 11.5 Å². The van der Waals surface area contributed by atoms with Crippen LogP contribution in [0.5, 0.6) is 11.5 Å². The first-order valence-corrected chi connectivity index (χ1v) is 11.2. The van der Waals surface area contributed by atoms with E-state index in [0.717, 1.165) is 16.9 Å². The lowest BCUT2D eigenvalue weighted by Gasteiger charge is -2.13. The molecule has 1 heterocycles. The predicted molar refractivity (Wildman–Crippen MR) is 130 cm³/mol. The minimum absolute atomic E-state index is 0.0710. The Bertz CT molecular complexity index is 1210. The standard InChI is InChI=1S/C27H22ClNO5/c28-23-16-18(15-22-24(30)17-26(31)29-27(22)32)7-12-25(23)34-14-4-13-33-21-10-8-20(9-11-21)19-5-2-1-3-6-19/h1-3,5-12,15-16H,4,13-14,17H2,(H,29,31,32)/b22-15+. The Balaban J connectivity index is 1.25. The number of hydrogen-bond donors (Lipinski definition) is 1. The molecule has 1 saturated heterocycles. The third kappa shape index (κ3) is 5.91. The molecule has 0 saturated carbocycles. The van der Waals surface area contributed by atoms with Crippen LogP contribution in [0.2, 0.25) is 5.02 Å². The van der Waals surface area contributed by atoms with Gasteiger partial charge in [0.25, 0.3) is 5.91 Å². The maximum absolute atomic E-state index is 11.9. The van der Waals surface area contributed by atoms with Gasteiger partial charge in [-0.25, -0.2) is 0 Å². The van der Waals surface area contributed by atoms with Crippen molar-refractivity contribution in [1.82, 2.24) is 5.32 Å². The Morgan fingerprint density at radius 3 is 2.26 bits per heavy atom. The number of carbonyl (C=O) groups is 3. The fourth-order valence-corrected chi connectivity index (χ4v) is 3.69. The zero-order valence-electron chi connectivity index (χ0n) is 18.3. The molecular formula is C27H22ClNO5. The van der Waals surface area contributed by atoms with E-state index in [2.05, 4.69) is 17.4 Å². The number of ketones is 1. The molecule has 6 nitrogen and oxygen atoms in total.